The van der Waals surface area contributed by atoms with Crippen LogP contribution in [0.5, 0.6) is 0 Å². The molecular weight excluding hydrogens is 378 g/mol. The van der Waals surface area contributed by atoms with Gasteiger partial charge in [0.1, 0.15) is 0 Å². The smallest absolute Gasteiger partial charge is 0.173 e. The minimum Gasteiger partial charge on any atom is -0.255 e. The van der Waals surface area contributed by atoms with Crippen molar-refractivity contribution in [3.8, 4) is 33.8 Å². The van der Waals surface area contributed by atoms with Gasteiger partial charge in [0.05, 0.1) is 17.1 Å². The second-order valence-corrected chi connectivity index (χ2v) is 7.45. The molecule has 3 heteroatoms. The molecule has 31 heavy (non-hydrogen) atoms. The van der Waals surface area contributed by atoms with Crippen molar-refractivity contribution < 1.29 is 4.57 Å². The fourth-order valence-electron chi connectivity index (χ4n) is 3.65. The first-order valence-electron chi connectivity index (χ1n) is 10.4. The third kappa shape index (κ3) is 4.41. The molecule has 0 amide bonds. The summed E-state index contributed by atoms with van der Waals surface area (Å²) < 4.78 is 2.17. The highest BCUT2D eigenvalue weighted by Gasteiger charge is 2.10. The van der Waals surface area contributed by atoms with Crippen molar-refractivity contribution in [3.05, 3.63) is 127 Å². The number of nitrogens with zero attached hydrogens (tertiary/aromatic N) is 3. The lowest BCUT2D eigenvalue weighted by Crippen LogP contribution is -2.32. The topological polar surface area (TPSA) is 29.7 Å². The van der Waals surface area contributed by atoms with Crippen molar-refractivity contribution >= 4 is 0 Å². The fourth-order valence-corrected chi connectivity index (χ4v) is 3.65. The first kappa shape index (κ1) is 18.9. The van der Waals surface area contributed by atoms with Gasteiger partial charge >= 0.3 is 0 Å². The van der Waals surface area contributed by atoms with Gasteiger partial charge in [0, 0.05) is 29.5 Å². The normalized spacial score (nSPS) is 10.7. The number of pyridine rings is 3. The summed E-state index contributed by atoms with van der Waals surface area (Å²) in [5.74, 6) is 0. The molecule has 5 aromatic rings. The third-order valence-electron chi connectivity index (χ3n) is 5.25. The molecule has 0 N–H and O–H groups in total. The Balaban J connectivity index is 1.53. The molecule has 0 aliphatic rings. The van der Waals surface area contributed by atoms with Gasteiger partial charge in [0.25, 0.3) is 0 Å². The fraction of sp³-hybridized carbons (Fsp3) is 0.0357. The summed E-state index contributed by atoms with van der Waals surface area (Å²) in [6.07, 6.45) is 5.98. The highest BCUT2D eigenvalue weighted by Crippen LogP contribution is 2.29. The van der Waals surface area contributed by atoms with Crippen molar-refractivity contribution in [2.24, 2.45) is 0 Å². The van der Waals surface area contributed by atoms with Crippen molar-refractivity contribution in [1.29, 1.82) is 0 Å². The molecule has 0 aliphatic carbocycles. The summed E-state index contributed by atoms with van der Waals surface area (Å²) in [4.78, 5) is 9.42. The Bertz CT molecular complexity index is 1210. The lowest BCUT2D eigenvalue weighted by Gasteiger charge is -2.10. The Morgan fingerprint density at radius 3 is 2.00 bits per heavy atom. The van der Waals surface area contributed by atoms with Gasteiger partial charge in [-0.05, 0) is 35.4 Å². The quantitative estimate of drug-likeness (QED) is 0.348. The van der Waals surface area contributed by atoms with Crippen LogP contribution in [0.4, 0.5) is 0 Å². The maximum absolute atomic E-state index is 4.91. The summed E-state index contributed by atoms with van der Waals surface area (Å²) >= 11 is 0. The van der Waals surface area contributed by atoms with Gasteiger partial charge in [0.15, 0.2) is 18.9 Å². The Kier molecular flexibility index (Phi) is 5.31. The molecule has 2 aromatic carbocycles. The summed E-state index contributed by atoms with van der Waals surface area (Å²) in [6.45, 7) is 0.853. The van der Waals surface area contributed by atoms with Crippen molar-refractivity contribution in [2.45, 2.75) is 6.54 Å². The summed E-state index contributed by atoms with van der Waals surface area (Å²) in [7, 11) is 0. The van der Waals surface area contributed by atoms with E-state index < -0.39 is 0 Å². The molecule has 0 atom stereocenters. The van der Waals surface area contributed by atoms with E-state index in [2.05, 4.69) is 82.6 Å². The van der Waals surface area contributed by atoms with Crippen LogP contribution in [0.2, 0.25) is 0 Å². The molecular formula is C28H22N3+. The first-order chi connectivity index (χ1) is 15.3. The minimum atomic E-state index is 0.853. The van der Waals surface area contributed by atoms with E-state index in [0.717, 1.165) is 34.8 Å². The summed E-state index contributed by atoms with van der Waals surface area (Å²) in [5.41, 5.74) is 7.36. The SMILES string of the molecule is c1ccc(-c2cc(-c3ccc(C[n+]4ccccc4)cc3)cc(-c3ccccn3)n2)cc1. The average Bonchev–Trinajstić information content (AvgIpc) is 2.86. The van der Waals surface area contributed by atoms with Crippen LogP contribution in [-0.4, -0.2) is 9.97 Å². The van der Waals surface area contributed by atoms with Crippen LogP contribution in [0.1, 0.15) is 5.56 Å². The van der Waals surface area contributed by atoms with Gasteiger partial charge in [-0.2, -0.15) is 0 Å². The molecule has 3 nitrogen and oxygen atoms in total. The van der Waals surface area contributed by atoms with E-state index in [1.54, 1.807) is 0 Å². The highest BCUT2D eigenvalue weighted by molar-refractivity contribution is 5.75. The largest absolute Gasteiger partial charge is 0.255 e. The molecule has 0 radical (unpaired) electrons. The van der Waals surface area contributed by atoms with Crippen molar-refractivity contribution in [3.63, 3.8) is 0 Å². The predicted molar refractivity (Wildman–Crippen MR) is 124 cm³/mol. The first-order valence-corrected chi connectivity index (χ1v) is 10.4. The van der Waals surface area contributed by atoms with Crippen LogP contribution < -0.4 is 4.57 Å². The van der Waals surface area contributed by atoms with Crippen molar-refractivity contribution in [2.75, 3.05) is 0 Å². The molecule has 3 aromatic heterocycles. The van der Waals surface area contributed by atoms with E-state index in [-0.39, 0.29) is 0 Å². The van der Waals surface area contributed by atoms with Gasteiger partial charge in [0.2, 0.25) is 0 Å². The van der Waals surface area contributed by atoms with E-state index in [1.165, 1.54) is 11.1 Å². The maximum atomic E-state index is 4.91. The number of aromatic nitrogens is 3. The summed E-state index contributed by atoms with van der Waals surface area (Å²) in [6, 6.07) is 35.4. The van der Waals surface area contributed by atoms with Gasteiger partial charge in [-0.3, -0.25) is 4.98 Å². The molecule has 3 heterocycles. The Labute approximate surface area is 182 Å². The van der Waals surface area contributed by atoms with E-state index >= 15 is 0 Å². The Morgan fingerprint density at radius 1 is 0.548 bits per heavy atom. The molecule has 148 valence electrons. The van der Waals surface area contributed by atoms with Gasteiger partial charge in [-0.25, -0.2) is 9.55 Å². The molecule has 0 spiro atoms. The number of rotatable bonds is 5. The molecule has 0 bridgehead atoms. The van der Waals surface area contributed by atoms with Crippen LogP contribution in [-0.2, 0) is 6.54 Å². The van der Waals surface area contributed by atoms with E-state index in [0.29, 0.717) is 0 Å². The third-order valence-corrected chi connectivity index (χ3v) is 5.25. The average molecular weight is 401 g/mol. The number of benzene rings is 2. The highest BCUT2D eigenvalue weighted by atomic mass is 14.9. The zero-order chi connectivity index (χ0) is 20.9. The van der Waals surface area contributed by atoms with Crippen LogP contribution in [0.15, 0.2) is 122 Å². The Hall–Kier alpha value is -4.11. The lowest BCUT2D eigenvalue weighted by atomic mass is 10.00. The predicted octanol–water partition coefficient (Wildman–Crippen LogP) is 5.81. The number of hydrogen-bond donors (Lipinski definition) is 0. The molecule has 0 fully saturated rings. The molecule has 0 saturated carbocycles. The molecule has 0 saturated heterocycles. The lowest BCUT2D eigenvalue weighted by molar-refractivity contribution is -0.688. The van der Waals surface area contributed by atoms with Gasteiger partial charge in [-0.15, -0.1) is 0 Å². The van der Waals surface area contributed by atoms with Crippen LogP contribution in [0.3, 0.4) is 0 Å². The van der Waals surface area contributed by atoms with Crippen LogP contribution in [0, 0.1) is 0 Å². The van der Waals surface area contributed by atoms with Gasteiger partial charge in [-0.1, -0.05) is 66.7 Å². The Morgan fingerprint density at radius 2 is 1.26 bits per heavy atom. The van der Waals surface area contributed by atoms with E-state index in [4.69, 9.17) is 4.98 Å². The molecule has 5 rings (SSSR count). The van der Waals surface area contributed by atoms with Crippen LogP contribution >= 0.6 is 0 Å². The molecule has 0 aliphatic heterocycles. The second-order valence-electron chi connectivity index (χ2n) is 7.45. The maximum Gasteiger partial charge on any atom is 0.173 e. The van der Waals surface area contributed by atoms with Crippen LogP contribution in [0.25, 0.3) is 33.8 Å². The molecule has 0 unspecified atom stereocenters. The standard InChI is InChI=1S/C28H22N3/c1-3-9-24(10-4-1)27-19-25(20-28(30-27)26-11-5-6-16-29-26)23-14-12-22(13-15-23)21-31-17-7-2-8-18-31/h1-20H,21H2/q+1. The van der Waals surface area contributed by atoms with Gasteiger partial charge < -0.3 is 0 Å². The second kappa shape index (κ2) is 8.72. The van der Waals surface area contributed by atoms with Crippen molar-refractivity contribution in [1.82, 2.24) is 9.97 Å². The summed E-state index contributed by atoms with van der Waals surface area (Å²) in [5, 5.41) is 0. The zero-order valence-corrected chi connectivity index (χ0v) is 17.1. The van der Waals surface area contributed by atoms with E-state index in [9.17, 15) is 0 Å². The number of hydrogen-bond acceptors (Lipinski definition) is 2. The minimum absolute atomic E-state index is 0.853. The van der Waals surface area contributed by atoms with E-state index in [1.807, 2.05) is 48.7 Å². The zero-order valence-electron chi connectivity index (χ0n) is 17.1. The monoisotopic (exact) mass is 400 g/mol.